The molecule has 0 aliphatic carbocycles. The summed E-state index contributed by atoms with van der Waals surface area (Å²) in [6.45, 7) is 1.79. The van der Waals surface area contributed by atoms with Crippen LogP contribution in [0.15, 0.2) is 5.38 Å². The van der Waals surface area contributed by atoms with Crippen LogP contribution in [0.4, 0.5) is 4.79 Å². The Bertz CT molecular complexity index is 919. The second kappa shape index (κ2) is 18.7. The number of thioether (sulfide) groups is 2. The molecule has 17 heteroatoms. The maximum Gasteiger partial charge on any atom is 0.407 e. The Morgan fingerprint density at radius 1 is 1.13 bits per heavy atom. The first-order valence-corrected chi connectivity index (χ1v) is 17.4. The fraction of sp³-hybridized carbons (Fsp3) is 0.667. The minimum atomic E-state index is -1.27. The number of hydrogen-bond donors (Lipinski definition) is 5. The van der Waals surface area contributed by atoms with Gasteiger partial charge in [-0.05, 0) is 31.6 Å². The van der Waals surface area contributed by atoms with Gasteiger partial charge in [-0.15, -0.1) is 11.3 Å². The van der Waals surface area contributed by atoms with Gasteiger partial charge in [-0.2, -0.15) is 23.5 Å². The van der Waals surface area contributed by atoms with Crippen LogP contribution in [0.1, 0.15) is 41.3 Å². The quantitative estimate of drug-likeness (QED) is 0.126. The summed E-state index contributed by atoms with van der Waals surface area (Å²) in [7, 11) is 0. The van der Waals surface area contributed by atoms with Crippen LogP contribution in [0, 0.1) is 0 Å². The fourth-order valence-corrected chi connectivity index (χ4v) is 5.11. The predicted molar refractivity (Wildman–Crippen MR) is 164 cm³/mol. The summed E-state index contributed by atoms with van der Waals surface area (Å²) in [5, 5.41) is 22.7. The highest BCUT2D eigenvalue weighted by atomic mass is 80.0. The number of amides is 4. The summed E-state index contributed by atoms with van der Waals surface area (Å²) in [5.41, 5.74) is 0.311. The van der Waals surface area contributed by atoms with E-state index in [2.05, 4.69) is 74.0 Å². The number of halogens is 3. The monoisotopic (exact) mass is 783 g/mol. The van der Waals surface area contributed by atoms with Gasteiger partial charge in [-0.1, -0.05) is 47.8 Å². The molecule has 1 aromatic heterocycles. The Balaban J connectivity index is 2.59. The lowest BCUT2D eigenvalue weighted by atomic mass is 10.1. The first-order chi connectivity index (χ1) is 17.9. The van der Waals surface area contributed by atoms with E-state index in [1.54, 1.807) is 17.1 Å². The van der Waals surface area contributed by atoms with Crippen LogP contribution < -0.4 is 21.3 Å². The number of carbonyl (C=O) groups is 4. The molecule has 11 nitrogen and oxygen atoms in total. The number of thiazole rings is 1. The summed E-state index contributed by atoms with van der Waals surface area (Å²) < 4.78 is 4.14. The van der Waals surface area contributed by atoms with Gasteiger partial charge in [-0.25, -0.2) is 9.78 Å². The minimum Gasteiger partial charge on any atom is -0.446 e. The van der Waals surface area contributed by atoms with Crippen molar-refractivity contribution in [2.75, 3.05) is 43.7 Å². The number of nitrogens with zero attached hydrogens (tertiary/aromatic N) is 1. The molecule has 0 saturated heterocycles. The molecule has 0 spiro atoms. The van der Waals surface area contributed by atoms with E-state index in [-0.39, 0.29) is 31.4 Å². The maximum absolute atomic E-state index is 12.6. The Hall–Kier alpha value is -0.590. The summed E-state index contributed by atoms with van der Waals surface area (Å²) in [5.74, 6) is 0.268. The molecule has 0 saturated carbocycles. The Labute approximate surface area is 259 Å². The second-order valence-electron chi connectivity index (χ2n) is 7.84. The molecule has 0 radical (unpaired) electrons. The molecule has 0 fully saturated rings. The van der Waals surface area contributed by atoms with Crippen molar-refractivity contribution in [1.29, 1.82) is 0 Å². The zero-order valence-corrected chi connectivity index (χ0v) is 28.3. The molecule has 0 aromatic carbocycles. The molecule has 1 rings (SSSR count). The number of aliphatic hydroxyl groups excluding tert-OH is 1. The van der Waals surface area contributed by atoms with E-state index in [1.165, 1.54) is 30.0 Å². The molecule has 5 N–H and O–H groups in total. The normalized spacial score (nSPS) is 13.7. The fourth-order valence-electron chi connectivity index (χ4n) is 2.80. The third-order valence-corrected chi connectivity index (χ3v) is 7.60. The van der Waals surface area contributed by atoms with Crippen LogP contribution >= 0.6 is 82.7 Å². The van der Waals surface area contributed by atoms with Gasteiger partial charge in [0.15, 0.2) is 2.14 Å². The van der Waals surface area contributed by atoms with Gasteiger partial charge in [0.1, 0.15) is 23.4 Å². The SMILES string of the molecule is CSCCCNC(=O)c1csc([C@@H](CSC)NC(=O)CCNC(=O)[C@@H](NC(=O)OCC(Br)(Br)Br)C(C)O)n1. The van der Waals surface area contributed by atoms with Crippen LogP contribution in [0.2, 0.25) is 0 Å². The first kappa shape index (κ1) is 35.4. The molecule has 4 amide bonds. The van der Waals surface area contributed by atoms with Crippen molar-refractivity contribution >= 4 is 106 Å². The number of alkyl carbamates (subject to hydrolysis) is 1. The third-order valence-electron chi connectivity index (χ3n) is 4.59. The van der Waals surface area contributed by atoms with Crippen molar-refractivity contribution in [3.8, 4) is 0 Å². The predicted octanol–water partition coefficient (Wildman–Crippen LogP) is 2.97. The molecule has 0 bridgehead atoms. The third kappa shape index (κ3) is 14.7. The van der Waals surface area contributed by atoms with Gasteiger partial charge < -0.3 is 31.1 Å². The van der Waals surface area contributed by atoms with Crippen molar-refractivity contribution in [1.82, 2.24) is 26.3 Å². The molecule has 3 atom stereocenters. The zero-order chi connectivity index (χ0) is 28.7. The van der Waals surface area contributed by atoms with E-state index in [0.717, 1.165) is 12.2 Å². The van der Waals surface area contributed by atoms with Gasteiger partial charge in [-0.3, -0.25) is 14.4 Å². The second-order valence-corrected chi connectivity index (χ2v) is 17.9. The number of hydrogen-bond acceptors (Lipinski definition) is 10. The van der Waals surface area contributed by atoms with Crippen LogP contribution in [-0.2, 0) is 14.3 Å². The molecule has 0 aliphatic heterocycles. The lowest BCUT2D eigenvalue weighted by Gasteiger charge is -2.21. The number of ether oxygens (including phenoxy) is 1. The van der Waals surface area contributed by atoms with Crippen molar-refractivity contribution < 1.29 is 29.0 Å². The molecule has 0 aliphatic rings. The standard InChI is InChI=1S/C21H32Br3N5O6S3/c1-12(30)16(29-20(34)35-11-21(22,23)24)18(33)26-7-5-15(31)27-14(9-37-3)19-28-13(10-38-19)17(32)25-6-4-8-36-2/h10,12,14,16,30H,4-9,11H2,1-3H3,(H,25,32)(H,26,33)(H,27,31)(H,29,34)/t12?,14-,16+/m1/s1. The molecule has 1 heterocycles. The minimum absolute atomic E-state index is 0.0223. The van der Waals surface area contributed by atoms with E-state index < -0.39 is 32.3 Å². The zero-order valence-electron chi connectivity index (χ0n) is 21.1. The van der Waals surface area contributed by atoms with Gasteiger partial charge in [0.2, 0.25) is 11.8 Å². The lowest BCUT2D eigenvalue weighted by molar-refractivity contribution is -0.125. The topological polar surface area (TPSA) is 159 Å². The molecule has 1 aromatic rings. The average Bonchev–Trinajstić information content (AvgIpc) is 3.33. The molecular formula is C21H32Br3N5O6S3. The number of alkyl halides is 3. The van der Waals surface area contributed by atoms with Crippen LogP contribution in [0.25, 0.3) is 0 Å². The van der Waals surface area contributed by atoms with Crippen LogP contribution in [-0.4, -0.2) is 91.9 Å². The number of aliphatic hydroxyl groups is 1. The molecule has 216 valence electrons. The van der Waals surface area contributed by atoms with Crippen LogP contribution in [0.3, 0.4) is 0 Å². The largest absolute Gasteiger partial charge is 0.446 e. The first-order valence-electron chi connectivity index (χ1n) is 11.3. The van der Waals surface area contributed by atoms with Crippen molar-refractivity contribution in [2.45, 2.75) is 40.1 Å². The summed E-state index contributed by atoms with van der Waals surface area (Å²) in [4.78, 5) is 53.7. The van der Waals surface area contributed by atoms with Gasteiger partial charge >= 0.3 is 6.09 Å². The van der Waals surface area contributed by atoms with Gasteiger partial charge in [0.05, 0.1) is 12.1 Å². The Morgan fingerprint density at radius 3 is 2.45 bits per heavy atom. The van der Waals surface area contributed by atoms with Crippen LogP contribution in [0.5, 0.6) is 0 Å². The number of rotatable bonds is 16. The van der Waals surface area contributed by atoms with Crippen molar-refractivity contribution in [3.05, 3.63) is 16.1 Å². The Morgan fingerprint density at radius 2 is 1.84 bits per heavy atom. The average molecular weight is 786 g/mol. The maximum atomic E-state index is 12.6. The number of aromatic nitrogens is 1. The number of carbonyl (C=O) groups excluding carboxylic acids is 4. The molecule has 38 heavy (non-hydrogen) atoms. The lowest BCUT2D eigenvalue weighted by Crippen LogP contribution is -2.53. The highest BCUT2D eigenvalue weighted by molar-refractivity contribution is 9.39. The highest BCUT2D eigenvalue weighted by Gasteiger charge is 2.28. The molecular weight excluding hydrogens is 754 g/mol. The van der Waals surface area contributed by atoms with Gasteiger partial charge in [0, 0.05) is 30.6 Å². The van der Waals surface area contributed by atoms with E-state index in [4.69, 9.17) is 4.74 Å². The van der Waals surface area contributed by atoms with Crippen molar-refractivity contribution in [2.24, 2.45) is 0 Å². The summed E-state index contributed by atoms with van der Waals surface area (Å²) in [6.07, 6.45) is 2.63. The van der Waals surface area contributed by atoms with Crippen molar-refractivity contribution in [3.63, 3.8) is 0 Å². The highest BCUT2D eigenvalue weighted by Crippen LogP contribution is 2.33. The summed E-state index contributed by atoms with van der Waals surface area (Å²) >= 11 is 14.1. The van der Waals surface area contributed by atoms with E-state index in [0.29, 0.717) is 23.0 Å². The smallest absolute Gasteiger partial charge is 0.407 e. The van der Waals surface area contributed by atoms with E-state index in [9.17, 15) is 24.3 Å². The molecule has 1 unspecified atom stereocenters. The Kier molecular flexibility index (Phi) is 17.4. The van der Waals surface area contributed by atoms with E-state index >= 15 is 0 Å². The summed E-state index contributed by atoms with van der Waals surface area (Å²) in [6, 6.07) is -1.67. The van der Waals surface area contributed by atoms with E-state index in [1.807, 2.05) is 12.5 Å². The van der Waals surface area contributed by atoms with Gasteiger partial charge in [0.25, 0.3) is 5.91 Å². The number of nitrogens with one attached hydrogen (secondary N) is 4.